The van der Waals surface area contributed by atoms with Crippen LogP contribution in [0.4, 0.5) is 0 Å². The summed E-state index contributed by atoms with van der Waals surface area (Å²) in [5.74, 6) is -0.329. The van der Waals surface area contributed by atoms with E-state index in [1.165, 1.54) is 11.1 Å². The Morgan fingerprint density at radius 3 is 1.56 bits per heavy atom. The van der Waals surface area contributed by atoms with Gasteiger partial charge in [-0.05, 0) is 78.8 Å². The predicted octanol–water partition coefficient (Wildman–Crippen LogP) is 21.1. The van der Waals surface area contributed by atoms with Gasteiger partial charge in [-0.25, -0.2) is 0 Å². The molecular weight excluding hydrogens is 1310 g/mol. The summed E-state index contributed by atoms with van der Waals surface area (Å²) in [6, 6.07) is 0. The van der Waals surface area contributed by atoms with Crippen LogP contribution in [-0.4, -0.2) is 30.2 Å². The Morgan fingerprint density at radius 2 is 1.15 bits per heavy atom. The van der Waals surface area contributed by atoms with Crippen LogP contribution in [0.25, 0.3) is 0 Å². The van der Waals surface area contributed by atoms with Crippen molar-refractivity contribution >= 4 is 282 Å². The minimum absolute atomic E-state index is 0.0658. The van der Waals surface area contributed by atoms with Gasteiger partial charge >= 0.3 is 0 Å². The minimum Gasteiger partial charge on any atom is -0.347 e. The first-order valence-corrected chi connectivity index (χ1v) is 73.4. The van der Waals surface area contributed by atoms with Crippen molar-refractivity contribution in [1.82, 2.24) is 0 Å². The Labute approximate surface area is 388 Å². The predicted molar refractivity (Wildman–Crippen MR) is 357 cm³/mol. The standard InChI is InChI=1S/C15H58O5P34/c1-6-9(18-43(52(38)47(29)30)54(49(33)34)50(35)36)5-8-13(17-39-21)11(16)7(2)12(19-41(44(23)24)51(37)46(27)28)14(10(6)15(8,3)4)20-42(45(25)26)53(40-22)48(31)32/h7-9,12-14,39-40H,5,21-38H2,1-4H3/t7-,8?,9?,12?,13?,14?,41?,42?,43?,51?,52?,53?/m0/s1. The van der Waals surface area contributed by atoms with Gasteiger partial charge in [0.2, 0.25) is 0 Å². The van der Waals surface area contributed by atoms with Gasteiger partial charge in [0.05, 0.1) is 28.7 Å². The Balaban J connectivity index is 3.12. The van der Waals surface area contributed by atoms with Gasteiger partial charge in [0.15, 0.2) is 5.78 Å². The highest BCUT2D eigenvalue weighted by Gasteiger charge is 2.57. The molecule has 32 atom stereocenters. The van der Waals surface area contributed by atoms with E-state index in [1.807, 2.05) is 0 Å². The Hall–Kier alpha value is 13.9. The summed E-state index contributed by atoms with van der Waals surface area (Å²) in [7, 11) is 54.2. The SMILES string of the molecule is CC1=C2C(OP(P(P)P)P(PP)P(P)P)C(OP(P(P)P)P(P)P(P)P)[C@@H](C)C(=O)C(OPP)C(CC1OP(P(P)P(P)P)P(P(P)P)P(P)P)C2(C)C. The second kappa shape index (κ2) is 31.6. The number of ketones is 1. The van der Waals surface area contributed by atoms with Gasteiger partial charge in [-0.2, -0.15) is 0 Å². The lowest BCUT2D eigenvalue weighted by Gasteiger charge is -2.54. The molecule has 31 unspecified atom stereocenters. The molecule has 0 saturated heterocycles. The lowest BCUT2D eigenvalue weighted by atomic mass is 9.58. The molecule has 1 saturated carbocycles. The molecule has 1 fully saturated rings. The zero-order valence-corrected chi connectivity index (χ0v) is 65.2. The Bertz CT molecular complexity index is 1200. The highest BCUT2D eigenvalue weighted by atomic mass is 33.2. The van der Waals surface area contributed by atoms with Gasteiger partial charge in [0, 0.05) is 48.3 Å². The normalized spacial score (nSPS) is 29.3. The molecule has 0 aromatic heterocycles. The van der Waals surface area contributed by atoms with Crippen molar-refractivity contribution in [2.45, 2.75) is 58.5 Å². The van der Waals surface area contributed by atoms with Crippen molar-refractivity contribution in [2.24, 2.45) is 17.3 Å². The van der Waals surface area contributed by atoms with Gasteiger partial charge in [-0.15, -0.1) is 134 Å². The van der Waals surface area contributed by atoms with Crippen LogP contribution in [-0.2, 0) is 22.9 Å². The fourth-order valence-corrected chi connectivity index (χ4v) is 213. The van der Waals surface area contributed by atoms with Crippen LogP contribution < -0.4 is 0 Å². The number of hydrogen-bond acceptors (Lipinski definition) is 5. The molecule has 39 heteroatoms. The molecule has 5 nitrogen and oxygen atoms in total. The molecule has 0 heterocycles. The average molecular weight is 1370 g/mol. The maximum absolute atomic E-state index is 15.2. The molecular formula is C15H58O5P34. The maximum atomic E-state index is 15.2. The summed E-state index contributed by atoms with van der Waals surface area (Å²) in [5.41, 5.74) is 2.17. The summed E-state index contributed by atoms with van der Waals surface area (Å²) in [4.78, 5) is 15.2. The first-order chi connectivity index (χ1) is 24.9. The van der Waals surface area contributed by atoms with Crippen LogP contribution in [0.2, 0.25) is 0 Å². The number of Topliss-reactive ketones (excluding diaryl/α,β-unsaturated/α-hetero) is 1. The van der Waals surface area contributed by atoms with E-state index < -0.39 is 95.0 Å². The van der Waals surface area contributed by atoms with E-state index in [9.17, 15) is 0 Å². The molecule has 0 aliphatic heterocycles. The molecule has 0 spiro atoms. The molecule has 2 aliphatic rings. The van der Waals surface area contributed by atoms with Gasteiger partial charge < -0.3 is 18.1 Å². The summed E-state index contributed by atoms with van der Waals surface area (Å²) in [6.07, 6.45) is -0.764. The van der Waals surface area contributed by atoms with Crippen molar-refractivity contribution in [1.29, 1.82) is 0 Å². The lowest BCUT2D eigenvalue weighted by Crippen LogP contribution is -2.56. The Kier molecular flexibility index (Phi) is 37.4. The van der Waals surface area contributed by atoms with Crippen molar-refractivity contribution in [3.05, 3.63) is 11.1 Å². The van der Waals surface area contributed by atoms with Crippen LogP contribution in [0.15, 0.2) is 11.1 Å². The number of carbonyl (C=O) groups is 1. The second-order valence-electron chi connectivity index (χ2n) is 11.9. The highest BCUT2D eigenvalue weighted by molar-refractivity contribution is 9.19. The highest BCUT2D eigenvalue weighted by Crippen LogP contribution is 3.18. The average Bonchev–Trinajstić information content (AvgIpc) is 3.05. The zero-order valence-electron chi connectivity index (χ0n) is 29.9. The van der Waals surface area contributed by atoms with Crippen LogP contribution in [0.1, 0.15) is 34.1 Å². The number of hydrogen-bond donors (Lipinski definition) is 0. The van der Waals surface area contributed by atoms with E-state index in [4.69, 9.17) is 18.1 Å². The minimum atomic E-state index is -0.881. The molecule has 2 bridgehead atoms. The maximum Gasteiger partial charge on any atom is 0.167 e. The molecule has 2 aliphatic carbocycles. The van der Waals surface area contributed by atoms with E-state index in [2.05, 4.69) is 188 Å². The molecule has 318 valence electrons. The first-order valence-electron chi connectivity index (χ1n) is 14.9. The van der Waals surface area contributed by atoms with Crippen LogP contribution in [0.5, 0.6) is 0 Å². The molecule has 0 amide bonds. The molecule has 0 aromatic carbocycles. The molecule has 0 aromatic rings. The molecule has 2 rings (SSSR count). The van der Waals surface area contributed by atoms with Crippen molar-refractivity contribution < 1.29 is 22.9 Å². The van der Waals surface area contributed by atoms with Gasteiger partial charge in [0.25, 0.3) is 0 Å². The third kappa shape index (κ3) is 18.4. The van der Waals surface area contributed by atoms with Crippen molar-refractivity contribution in [3.63, 3.8) is 0 Å². The van der Waals surface area contributed by atoms with Crippen molar-refractivity contribution in [3.8, 4) is 0 Å². The molecule has 54 heavy (non-hydrogen) atoms. The van der Waals surface area contributed by atoms with E-state index in [-0.39, 0.29) is 60.4 Å². The number of rotatable bonds is 20. The fourth-order valence-electron chi connectivity index (χ4n) is 5.90. The van der Waals surface area contributed by atoms with Gasteiger partial charge in [-0.3, -0.25) is 4.79 Å². The third-order valence-electron chi connectivity index (χ3n) is 8.29. The van der Waals surface area contributed by atoms with Crippen LogP contribution in [0, 0.1) is 17.3 Å². The summed E-state index contributed by atoms with van der Waals surface area (Å²) >= 11 is 0. The number of carbonyl (C=O) groups excluding carboxylic acids is 1. The van der Waals surface area contributed by atoms with E-state index in [0.29, 0.717) is 0 Å². The Morgan fingerprint density at radius 1 is 0.648 bits per heavy atom. The summed E-state index contributed by atoms with van der Waals surface area (Å²) in [5, 5.41) is 0. The third-order valence-corrected chi connectivity index (χ3v) is 167. The fraction of sp³-hybridized carbons (Fsp3) is 0.800. The first kappa shape index (κ1) is 64.0. The largest absolute Gasteiger partial charge is 0.347 e. The molecule has 0 radical (unpaired) electrons. The number of fused-ring (bicyclic) bond motifs is 2. The lowest BCUT2D eigenvalue weighted by molar-refractivity contribution is -0.141. The smallest absolute Gasteiger partial charge is 0.167 e. The second-order valence-corrected chi connectivity index (χ2v) is 128. The quantitative estimate of drug-likeness (QED) is 0.0898. The van der Waals surface area contributed by atoms with E-state index in [0.717, 1.165) is 14.4 Å². The summed E-state index contributed by atoms with van der Waals surface area (Å²) < 4.78 is 29.7. The molecule has 0 N–H and O–H groups in total. The van der Waals surface area contributed by atoms with Crippen LogP contribution >= 0.6 is 277 Å². The monoisotopic (exact) mass is 1370 g/mol. The van der Waals surface area contributed by atoms with E-state index in [1.54, 1.807) is 0 Å². The van der Waals surface area contributed by atoms with Gasteiger partial charge in [0.1, 0.15) is 18.3 Å². The topological polar surface area (TPSA) is 54.0 Å². The van der Waals surface area contributed by atoms with Gasteiger partial charge in [-0.1, -0.05) is 55.5 Å². The summed E-state index contributed by atoms with van der Waals surface area (Å²) in [6.45, 7) is 4.40. The van der Waals surface area contributed by atoms with Crippen LogP contribution in [0.3, 0.4) is 0 Å². The zero-order chi connectivity index (χ0) is 41.7. The van der Waals surface area contributed by atoms with Crippen molar-refractivity contribution in [2.75, 3.05) is 0 Å². The van der Waals surface area contributed by atoms with E-state index >= 15 is 4.79 Å².